The predicted molar refractivity (Wildman–Crippen MR) is 78.0 cm³/mol. The van der Waals surface area contributed by atoms with Gasteiger partial charge in [0.2, 0.25) is 0 Å². The van der Waals surface area contributed by atoms with Gasteiger partial charge >= 0.3 is 5.97 Å². The van der Waals surface area contributed by atoms with E-state index in [0.717, 1.165) is 22.1 Å². The van der Waals surface area contributed by atoms with Crippen molar-refractivity contribution in [1.82, 2.24) is 0 Å². The molecule has 98 valence electrons. The van der Waals surface area contributed by atoms with Gasteiger partial charge < -0.3 is 4.74 Å². The fourth-order valence-electron chi connectivity index (χ4n) is 1.42. The van der Waals surface area contributed by atoms with Crippen LogP contribution in [0.5, 0.6) is 0 Å². The monoisotopic (exact) mass is 284 g/mol. The number of hydrogen-bond acceptors (Lipinski definition) is 3. The van der Waals surface area contributed by atoms with Crippen LogP contribution in [-0.4, -0.2) is 18.8 Å². The van der Waals surface area contributed by atoms with Crippen molar-refractivity contribution < 1.29 is 9.53 Å². The second kappa shape index (κ2) is 8.22. The van der Waals surface area contributed by atoms with Gasteiger partial charge in [0, 0.05) is 22.1 Å². The van der Waals surface area contributed by atoms with Crippen LogP contribution in [-0.2, 0) is 15.3 Å². The zero-order valence-electron chi connectivity index (χ0n) is 10.6. The van der Waals surface area contributed by atoms with Crippen LogP contribution in [0.2, 0.25) is 5.02 Å². The number of carbonyl (C=O) groups is 1. The Kier molecular flexibility index (Phi) is 6.91. The molecule has 2 nitrogen and oxygen atoms in total. The van der Waals surface area contributed by atoms with Crippen molar-refractivity contribution >= 4 is 29.3 Å². The van der Waals surface area contributed by atoms with Gasteiger partial charge in [0.05, 0.1) is 7.11 Å². The highest BCUT2D eigenvalue weighted by atomic mass is 35.5. The fraction of sp³-hybridized carbons (Fsp3) is 0.357. The minimum atomic E-state index is -0.232. The molecule has 0 aromatic heterocycles. The molecule has 0 bridgehead atoms. The van der Waals surface area contributed by atoms with E-state index in [-0.39, 0.29) is 5.97 Å². The third-order valence-corrected chi connectivity index (χ3v) is 3.65. The van der Waals surface area contributed by atoms with E-state index in [1.54, 1.807) is 11.8 Å². The number of esters is 1. The van der Waals surface area contributed by atoms with Crippen LogP contribution < -0.4 is 0 Å². The zero-order chi connectivity index (χ0) is 13.4. The van der Waals surface area contributed by atoms with E-state index in [1.807, 2.05) is 37.3 Å². The standard InChI is InChI=1S/C14H17ClO2S/c1-3-12(14(16)17-2)8-9-18-10-11-4-6-13(15)7-5-11/h4-8H,3,9-10H2,1-2H3/b12-8-. The summed E-state index contributed by atoms with van der Waals surface area (Å²) >= 11 is 7.57. The van der Waals surface area contributed by atoms with Crippen molar-refractivity contribution in [2.75, 3.05) is 12.9 Å². The van der Waals surface area contributed by atoms with Gasteiger partial charge in [-0.15, -0.1) is 0 Å². The lowest BCUT2D eigenvalue weighted by molar-refractivity contribution is -0.136. The number of halogens is 1. The van der Waals surface area contributed by atoms with Crippen LogP contribution in [0.25, 0.3) is 0 Å². The number of rotatable bonds is 6. The number of thioether (sulfide) groups is 1. The summed E-state index contributed by atoms with van der Waals surface area (Å²) in [5.41, 5.74) is 1.97. The molecule has 0 N–H and O–H groups in total. The average Bonchev–Trinajstić information content (AvgIpc) is 2.40. The summed E-state index contributed by atoms with van der Waals surface area (Å²) in [6.45, 7) is 1.95. The minimum absolute atomic E-state index is 0.232. The normalized spacial score (nSPS) is 11.4. The third-order valence-electron chi connectivity index (χ3n) is 2.46. The Morgan fingerprint density at radius 2 is 2.06 bits per heavy atom. The van der Waals surface area contributed by atoms with Crippen LogP contribution in [0.3, 0.4) is 0 Å². The van der Waals surface area contributed by atoms with Crippen LogP contribution in [0, 0.1) is 0 Å². The maximum atomic E-state index is 11.3. The largest absolute Gasteiger partial charge is 0.466 e. The summed E-state index contributed by atoms with van der Waals surface area (Å²) < 4.78 is 4.70. The van der Waals surface area contributed by atoms with E-state index in [9.17, 15) is 4.79 Å². The molecule has 18 heavy (non-hydrogen) atoms. The van der Waals surface area contributed by atoms with E-state index in [1.165, 1.54) is 12.7 Å². The molecule has 0 amide bonds. The number of hydrogen-bond donors (Lipinski definition) is 0. The number of carbonyl (C=O) groups excluding carboxylic acids is 1. The smallest absolute Gasteiger partial charge is 0.333 e. The first kappa shape index (κ1) is 15.1. The highest BCUT2D eigenvalue weighted by Crippen LogP contribution is 2.16. The molecule has 0 aliphatic heterocycles. The van der Waals surface area contributed by atoms with Crippen LogP contribution in [0.4, 0.5) is 0 Å². The molecule has 0 radical (unpaired) electrons. The molecule has 0 atom stereocenters. The van der Waals surface area contributed by atoms with Gasteiger partial charge in [-0.05, 0) is 24.1 Å². The number of ether oxygens (including phenoxy) is 1. The van der Waals surface area contributed by atoms with E-state index < -0.39 is 0 Å². The molecule has 4 heteroatoms. The Hall–Kier alpha value is -0.930. The van der Waals surface area contributed by atoms with Gasteiger partial charge in [-0.2, -0.15) is 11.8 Å². The van der Waals surface area contributed by atoms with Crippen molar-refractivity contribution in [3.05, 3.63) is 46.5 Å². The van der Waals surface area contributed by atoms with Gasteiger partial charge in [-0.3, -0.25) is 0 Å². The Bertz CT molecular complexity index is 412. The molecule has 0 aliphatic carbocycles. The highest BCUT2D eigenvalue weighted by molar-refractivity contribution is 7.98. The molecule has 0 saturated heterocycles. The molecule has 0 aliphatic rings. The molecule has 1 aromatic carbocycles. The number of benzene rings is 1. The summed E-state index contributed by atoms with van der Waals surface area (Å²) in [4.78, 5) is 11.3. The highest BCUT2D eigenvalue weighted by Gasteiger charge is 2.05. The van der Waals surface area contributed by atoms with Crippen LogP contribution >= 0.6 is 23.4 Å². The lowest BCUT2D eigenvalue weighted by atomic mass is 10.2. The molecule has 0 spiro atoms. The van der Waals surface area contributed by atoms with Crippen LogP contribution in [0.15, 0.2) is 35.9 Å². The van der Waals surface area contributed by atoms with Crippen LogP contribution in [0.1, 0.15) is 18.9 Å². The Labute approximate surface area is 117 Å². The van der Waals surface area contributed by atoms with E-state index >= 15 is 0 Å². The molecule has 0 fully saturated rings. The quantitative estimate of drug-likeness (QED) is 0.447. The summed E-state index contributed by atoms with van der Waals surface area (Å²) in [5.74, 6) is 1.48. The molecule has 1 aromatic rings. The van der Waals surface area contributed by atoms with E-state index in [2.05, 4.69) is 0 Å². The summed E-state index contributed by atoms with van der Waals surface area (Å²) in [7, 11) is 1.41. The topological polar surface area (TPSA) is 26.3 Å². The lowest BCUT2D eigenvalue weighted by Crippen LogP contribution is -2.04. The summed E-state index contributed by atoms with van der Waals surface area (Å²) in [6, 6.07) is 7.80. The average molecular weight is 285 g/mol. The Morgan fingerprint density at radius 1 is 1.39 bits per heavy atom. The SMILES string of the molecule is CC/C(=C/CSCc1ccc(Cl)cc1)C(=O)OC. The molecule has 1 rings (SSSR count). The van der Waals surface area contributed by atoms with E-state index in [0.29, 0.717) is 6.42 Å². The first-order valence-electron chi connectivity index (χ1n) is 5.77. The van der Waals surface area contributed by atoms with E-state index in [4.69, 9.17) is 16.3 Å². The van der Waals surface area contributed by atoms with Gasteiger partial charge in [-0.25, -0.2) is 4.79 Å². The maximum Gasteiger partial charge on any atom is 0.333 e. The zero-order valence-corrected chi connectivity index (χ0v) is 12.2. The van der Waals surface area contributed by atoms with Gasteiger partial charge in [0.25, 0.3) is 0 Å². The third kappa shape index (κ3) is 5.15. The predicted octanol–water partition coefficient (Wildman–Crippen LogP) is 4.08. The second-order valence-corrected chi connectivity index (χ2v) is 5.18. The molecular formula is C14H17ClO2S. The van der Waals surface area contributed by atoms with Crippen molar-refractivity contribution in [3.63, 3.8) is 0 Å². The maximum absolute atomic E-state index is 11.3. The second-order valence-electron chi connectivity index (χ2n) is 3.72. The fourth-order valence-corrected chi connectivity index (χ4v) is 2.41. The van der Waals surface area contributed by atoms with Crippen molar-refractivity contribution in [2.45, 2.75) is 19.1 Å². The molecule has 0 heterocycles. The van der Waals surface area contributed by atoms with Gasteiger partial charge in [-0.1, -0.05) is 36.7 Å². The number of methoxy groups -OCH3 is 1. The first-order chi connectivity index (χ1) is 8.67. The molecule has 0 unspecified atom stereocenters. The lowest BCUT2D eigenvalue weighted by Gasteiger charge is -2.03. The Morgan fingerprint density at radius 3 is 2.61 bits per heavy atom. The summed E-state index contributed by atoms with van der Waals surface area (Å²) in [5, 5.41) is 0.752. The van der Waals surface area contributed by atoms with Crippen molar-refractivity contribution in [1.29, 1.82) is 0 Å². The van der Waals surface area contributed by atoms with Crippen molar-refractivity contribution in [3.8, 4) is 0 Å². The minimum Gasteiger partial charge on any atom is -0.466 e. The first-order valence-corrected chi connectivity index (χ1v) is 7.30. The Balaban J connectivity index is 2.39. The van der Waals surface area contributed by atoms with Gasteiger partial charge in [0.15, 0.2) is 0 Å². The summed E-state index contributed by atoms with van der Waals surface area (Å²) in [6.07, 6.45) is 2.64. The van der Waals surface area contributed by atoms with Crippen molar-refractivity contribution in [2.24, 2.45) is 0 Å². The van der Waals surface area contributed by atoms with Gasteiger partial charge in [0.1, 0.15) is 0 Å². The molecule has 0 saturated carbocycles. The molecular weight excluding hydrogens is 268 g/mol.